The quantitative estimate of drug-likeness (QED) is 0.134. The Morgan fingerprint density at radius 1 is 1.05 bits per heavy atom. The Bertz CT molecular complexity index is 1670. The molecule has 204 valence electrons. The number of para-hydroxylation sites is 1. The van der Waals surface area contributed by atoms with Gasteiger partial charge in [0.25, 0.3) is 0 Å². The van der Waals surface area contributed by atoms with Crippen LogP contribution >= 0.6 is 0 Å². The number of aryl methyl sites for hydroxylation is 2. The first-order chi connectivity index (χ1) is 19.4. The van der Waals surface area contributed by atoms with Gasteiger partial charge in [0.2, 0.25) is 17.1 Å². The summed E-state index contributed by atoms with van der Waals surface area (Å²) in [6.07, 6.45) is 5.17. The van der Waals surface area contributed by atoms with Crippen LogP contribution in [0.3, 0.4) is 0 Å². The van der Waals surface area contributed by atoms with E-state index in [1.165, 1.54) is 50.8 Å². The molecule has 1 saturated heterocycles. The molecule has 2 aliphatic rings. The Morgan fingerprint density at radius 3 is 2.65 bits per heavy atom. The molecule has 0 aliphatic carbocycles. The molecule has 0 radical (unpaired) electrons. The molecule has 1 atom stereocenters. The Morgan fingerprint density at radius 2 is 1.85 bits per heavy atom. The van der Waals surface area contributed by atoms with Gasteiger partial charge in [0.15, 0.2) is 5.69 Å². The number of fused-ring (bicyclic) bond motifs is 4. The number of amides is 1. The Kier molecular flexibility index (Phi) is 7.09. The highest BCUT2D eigenvalue weighted by Crippen LogP contribution is 2.41. The average Bonchev–Trinajstić information content (AvgIpc) is 2.98. The van der Waals surface area contributed by atoms with Gasteiger partial charge in [-0.25, -0.2) is 0 Å². The van der Waals surface area contributed by atoms with Gasteiger partial charge in [-0.1, -0.05) is 12.1 Å². The minimum atomic E-state index is -0.245. The third-order valence-electron chi connectivity index (χ3n) is 8.09. The van der Waals surface area contributed by atoms with Crippen LogP contribution in [0, 0.1) is 0 Å². The zero-order chi connectivity index (χ0) is 27.8. The van der Waals surface area contributed by atoms with Crippen LogP contribution in [0.4, 0.5) is 11.4 Å². The number of carbonyl (C=O) groups excluding carboxylic acids is 2. The molecule has 1 fully saturated rings. The molecule has 3 aromatic carbocycles. The minimum absolute atomic E-state index is 0.0164. The molecule has 0 bridgehead atoms. The predicted molar refractivity (Wildman–Crippen MR) is 156 cm³/mol. The summed E-state index contributed by atoms with van der Waals surface area (Å²) in [5, 5.41) is 3.60. The molecular weight excluding hydrogens is 502 g/mol. The van der Waals surface area contributed by atoms with Gasteiger partial charge in [0, 0.05) is 49.7 Å². The van der Waals surface area contributed by atoms with Gasteiger partial charge in [-0.2, -0.15) is 4.57 Å². The van der Waals surface area contributed by atoms with Gasteiger partial charge in [-0.05, 0) is 54.3 Å². The molecule has 2 aliphatic heterocycles. The van der Waals surface area contributed by atoms with E-state index in [2.05, 4.69) is 73.3 Å². The van der Waals surface area contributed by atoms with Gasteiger partial charge in [0.1, 0.15) is 23.7 Å². The van der Waals surface area contributed by atoms with Crippen molar-refractivity contribution >= 4 is 51.0 Å². The molecular formula is C33H35N3O4+2. The summed E-state index contributed by atoms with van der Waals surface area (Å²) in [6.45, 7) is 4.30. The van der Waals surface area contributed by atoms with E-state index in [1.54, 1.807) is 6.08 Å². The lowest BCUT2D eigenvalue weighted by atomic mass is 9.90. The van der Waals surface area contributed by atoms with Crippen LogP contribution in [0.1, 0.15) is 24.5 Å². The third kappa shape index (κ3) is 4.76. The van der Waals surface area contributed by atoms with Crippen molar-refractivity contribution in [1.82, 2.24) is 4.90 Å². The smallest absolute Gasteiger partial charge is 0.302 e. The summed E-state index contributed by atoms with van der Waals surface area (Å²) in [5.74, 6) is -0.229. The van der Waals surface area contributed by atoms with Gasteiger partial charge in [-0.15, -0.1) is 0 Å². The number of hydrogen-bond donors (Lipinski definition) is 1. The molecule has 7 heteroatoms. The number of nitrogens with one attached hydrogen (secondary N) is 1. The second-order valence-corrected chi connectivity index (χ2v) is 10.6. The molecule has 6 rings (SSSR count). The van der Waals surface area contributed by atoms with Crippen LogP contribution in [0.2, 0.25) is 0 Å². The SMILES string of the molecule is CC(=O)OCCCc1cc2c3c([n+](C)c4ccc(C=CC(=O)N5CCOCC5)cc4c3c1)-c1ccccc1[NH+]2C. The van der Waals surface area contributed by atoms with E-state index in [0.717, 1.165) is 29.3 Å². The van der Waals surface area contributed by atoms with Crippen molar-refractivity contribution < 1.29 is 28.5 Å². The highest BCUT2D eigenvalue weighted by Gasteiger charge is 2.35. The summed E-state index contributed by atoms with van der Waals surface area (Å²) in [6, 6.07) is 19.7. The van der Waals surface area contributed by atoms with Crippen LogP contribution in [-0.4, -0.2) is 56.7 Å². The van der Waals surface area contributed by atoms with E-state index in [9.17, 15) is 9.59 Å². The first-order valence-electron chi connectivity index (χ1n) is 14.0. The maximum atomic E-state index is 12.7. The number of carbonyl (C=O) groups is 2. The van der Waals surface area contributed by atoms with E-state index in [-0.39, 0.29) is 11.9 Å². The second kappa shape index (κ2) is 10.8. The maximum Gasteiger partial charge on any atom is 0.302 e. The van der Waals surface area contributed by atoms with E-state index in [4.69, 9.17) is 9.47 Å². The molecule has 3 heterocycles. The molecule has 40 heavy (non-hydrogen) atoms. The molecule has 1 N–H and O–H groups in total. The number of rotatable bonds is 6. The van der Waals surface area contributed by atoms with E-state index in [0.29, 0.717) is 32.9 Å². The molecule has 7 nitrogen and oxygen atoms in total. The first-order valence-corrected chi connectivity index (χ1v) is 14.0. The number of pyridine rings is 1. The summed E-state index contributed by atoms with van der Waals surface area (Å²) in [5.41, 5.74) is 8.30. The van der Waals surface area contributed by atoms with Crippen molar-refractivity contribution in [2.75, 3.05) is 40.0 Å². The normalized spacial score (nSPS) is 16.5. The largest absolute Gasteiger partial charge is 0.466 e. The summed E-state index contributed by atoms with van der Waals surface area (Å²) in [4.78, 5) is 27.1. The van der Waals surface area contributed by atoms with E-state index < -0.39 is 0 Å². The van der Waals surface area contributed by atoms with Crippen LogP contribution in [0.15, 0.2) is 60.7 Å². The molecule has 0 saturated carbocycles. The van der Waals surface area contributed by atoms with Crippen LogP contribution in [0.5, 0.6) is 0 Å². The Hall–Kier alpha value is -4.07. The predicted octanol–water partition coefficient (Wildman–Crippen LogP) is 3.64. The summed E-state index contributed by atoms with van der Waals surface area (Å²) in [7, 11) is 4.35. The fourth-order valence-corrected chi connectivity index (χ4v) is 6.09. The van der Waals surface area contributed by atoms with Crippen molar-refractivity contribution in [3.8, 4) is 11.3 Å². The van der Waals surface area contributed by atoms with Crippen molar-refractivity contribution in [2.45, 2.75) is 19.8 Å². The number of benzene rings is 3. The van der Waals surface area contributed by atoms with Gasteiger partial charge < -0.3 is 14.4 Å². The molecule has 1 aromatic heterocycles. The highest BCUT2D eigenvalue weighted by molar-refractivity contribution is 6.14. The number of esters is 1. The monoisotopic (exact) mass is 537 g/mol. The van der Waals surface area contributed by atoms with Crippen LogP contribution in [0.25, 0.3) is 39.0 Å². The van der Waals surface area contributed by atoms with Gasteiger partial charge in [-0.3, -0.25) is 14.5 Å². The Labute approximate surface area is 234 Å². The summed E-state index contributed by atoms with van der Waals surface area (Å²) >= 11 is 0. The third-order valence-corrected chi connectivity index (χ3v) is 8.09. The van der Waals surface area contributed by atoms with Crippen molar-refractivity contribution in [2.24, 2.45) is 7.05 Å². The fourth-order valence-electron chi connectivity index (χ4n) is 6.09. The number of quaternary nitrogens is 1. The minimum Gasteiger partial charge on any atom is -0.466 e. The van der Waals surface area contributed by atoms with E-state index >= 15 is 0 Å². The first kappa shape index (κ1) is 26.2. The number of hydrogen-bond acceptors (Lipinski definition) is 4. The van der Waals surface area contributed by atoms with Gasteiger partial charge in [0.05, 0.1) is 32.3 Å². The van der Waals surface area contributed by atoms with Crippen molar-refractivity contribution in [3.63, 3.8) is 0 Å². The van der Waals surface area contributed by atoms with Crippen LogP contribution in [-0.2, 0) is 32.5 Å². The van der Waals surface area contributed by atoms with E-state index in [1.807, 2.05) is 11.0 Å². The Balaban J connectivity index is 1.49. The lowest BCUT2D eigenvalue weighted by Gasteiger charge is -2.25. The number of morpholine rings is 1. The fraction of sp³-hybridized carbons (Fsp3) is 0.303. The van der Waals surface area contributed by atoms with Crippen LogP contribution < -0.4 is 9.47 Å². The maximum absolute atomic E-state index is 12.7. The van der Waals surface area contributed by atoms with Crippen molar-refractivity contribution in [3.05, 3.63) is 71.8 Å². The lowest BCUT2D eigenvalue weighted by Crippen LogP contribution is -2.99. The number of nitrogens with zero attached hydrogens (tertiary/aromatic N) is 2. The second-order valence-electron chi connectivity index (χ2n) is 10.6. The van der Waals surface area contributed by atoms with Gasteiger partial charge >= 0.3 is 5.97 Å². The number of aromatic nitrogens is 1. The standard InChI is InChI=1S/C33H34N3O4/c1-22(37)40-16-6-7-24-20-27-26-19-23(11-13-31(38)36-14-17-39-18-15-36)10-12-29(26)35(3)33-25-8-4-5-9-28(25)34(2)30(21-24)32(27)33/h4-5,8-13,19-21H,6-7,14-18H2,1-3H3/q+1/p+1. The summed E-state index contributed by atoms with van der Waals surface area (Å²) < 4.78 is 12.9. The molecule has 4 aromatic rings. The average molecular weight is 538 g/mol. The molecule has 1 amide bonds. The molecule has 1 unspecified atom stereocenters. The molecule has 0 spiro atoms. The highest BCUT2D eigenvalue weighted by atomic mass is 16.5. The van der Waals surface area contributed by atoms with Crippen molar-refractivity contribution in [1.29, 1.82) is 0 Å². The number of ether oxygens (including phenoxy) is 2. The topological polar surface area (TPSA) is 64.2 Å². The lowest BCUT2D eigenvalue weighted by molar-refractivity contribution is -0.734. The zero-order valence-electron chi connectivity index (χ0n) is 23.3. The zero-order valence-corrected chi connectivity index (χ0v) is 23.3.